The molecule has 104 valence electrons. The zero-order valence-electron chi connectivity index (χ0n) is 11.7. The molecule has 1 atom stereocenters. The number of ether oxygens (including phenoxy) is 1. The Bertz CT molecular complexity index is 400. The van der Waals surface area contributed by atoms with Gasteiger partial charge in [0, 0.05) is 25.3 Å². The van der Waals surface area contributed by atoms with Gasteiger partial charge >= 0.3 is 0 Å². The highest BCUT2D eigenvalue weighted by atomic mass is 16.5. The van der Waals surface area contributed by atoms with Crippen LogP contribution < -0.4 is 0 Å². The summed E-state index contributed by atoms with van der Waals surface area (Å²) < 4.78 is 5.88. The monoisotopic (exact) mass is 261 g/mol. The van der Waals surface area contributed by atoms with Crippen LogP contribution in [-0.4, -0.2) is 40.6 Å². The van der Waals surface area contributed by atoms with Crippen LogP contribution in [0, 0.1) is 6.92 Å². The first-order valence-corrected chi connectivity index (χ1v) is 7.47. The van der Waals surface area contributed by atoms with Crippen molar-refractivity contribution >= 4 is 0 Å². The van der Waals surface area contributed by atoms with Crippen LogP contribution in [0.25, 0.3) is 0 Å². The first-order chi connectivity index (χ1) is 9.33. The van der Waals surface area contributed by atoms with E-state index >= 15 is 0 Å². The molecule has 0 bridgehead atoms. The predicted molar refractivity (Wildman–Crippen MR) is 73.9 cm³/mol. The molecule has 1 aromatic rings. The normalized spacial score (nSPS) is 26.5. The molecule has 0 N–H and O–H groups in total. The lowest BCUT2D eigenvalue weighted by atomic mass is 9.93. The van der Waals surface area contributed by atoms with E-state index in [1.165, 1.54) is 32.1 Å². The molecule has 0 spiro atoms. The van der Waals surface area contributed by atoms with Crippen molar-refractivity contribution in [1.29, 1.82) is 0 Å². The van der Waals surface area contributed by atoms with Gasteiger partial charge in [0.05, 0.1) is 24.2 Å². The van der Waals surface area contributed by atoms with Crippen LogP contribution in [-0.2, 0) is 4.74 Å². The molecular weight excluding hydrogens is 238 g/mol. The van der Waals surface area contributed by atoms with E-state index in [-0.39, 0.29) is 6.10 Å². The molecule has 2 fully saturated rings. The Kier molecular flexibility index (Phi) is 4.09. The largest absolute Gasteiger partial charge is 0.369 e. The average molecular weight is 261 g/mol. The Morgan fingerprint density at radius 2 is 2.00 bits per heavy atom. The van der Waals surface area contributed by atoms with Crippen molar-refractivity contribution in [3.63, 3.8) is 0 Å². The van der Waals surface area contributed by atoms with Gasteiger partial charge in [0.1, 0.15) is 6.10 Å². The minimum Gasteiger partial charge on any atom is -0.369 e. The quantitative estimate of drug-likeness (QED) is 0.820. The van der Waals surface area contributed by atoms with E-state index in [0.29, 0.717) is 0 Å². The van der Waals surface area contributed by atoms with Gasteiger partial charge in [0.15, 0.2) is 0 Å². The Balaban J connectivity index is 1.65. The molecule has 1 saturated carbocycles. The van der Waals surface area contributed by atoms with Gasteiger partial charge in [-0.2, -0.15) is 0 Å². The minimum atomic E-state index is 0.101. The minimum absolute atomic E-state index is 0.101. The third-order valence-electron chi connectivity index (χ3n) is 4.32. The highest BCUT2D eigenvalue weighted by molar-refractivity contribution is 5.05. The van der Waals surface area contributed by atoms with Gasteiger partial charge in [-0.1, -0.05) is 19.3 Å². The number of morpholine rings is 1. The van der Waals surface area contributed by atoms with Crippen molar-refractivity contribution in [1.82, 2.24) is 14.9 Å². The van der Waals surface area contributed by atoms with Crippen molar-refractivity contribution in [3.05, 3.63) is 23.8 Å². The molecule has 1 aromatic heterocycles. The standard InChI is InChI=1S/C15H23N3O/c1-12-9-17-14(10-16-12)15-11-18(7-8-19-15)13-5-3-2-4-6-13/h9-10,13,15H,2-8,11H2,1H3/t15-/m1/s1. The van der Waals surface area contributed by atoms with Crippen molar-refractivity contribution in [2.75, 3.05) is 19.7 Å². The highest BCUT2D eigenvalue weighted by Gasteiger charge is 2.28. The number of hydrogen-bond acceptors (Lipinski definition) is 4. The summed E-state index contributed by atoms with van der Waals surface area (Å²) in [5, 5.41) is 0. The van der Waals surface area contributed by atoms with Crippen LogP contribution in [0.5, 0.6) is 0 Å². The fourth-order valence-corrected chi connectivity index (χ4v) is 3.19. The molecule has 0 amide bonds. The fraction of sp³-hybridized carbons (Fsp3) is 0.733. The summed E-state index contributed by atoms with van der Waals surface area (Å²) in [6, 6.07) is 0.763. The Hall–Kier alpha value is -1.00. The Morgan fingerprint density at radius 1 is 1.16 bits per heavy atom. The summed E-state index contributed by atoms with van der Waals surface area (Å²) in [5.41, 5.74) is 1.94. The van der Waals surface area contributed by atoms with Gasteiger partial charge in [-0.15, -0.1) is 0 Å². The van der Waals surface area contributed by atoms with Crippen LogP contribution in [0.3, 0.4) is 0 Å². The molecule has 1 saturated heterocycles. The van der Waals surface area contributed by atoms with Gasteiger partial charge < -0.3 is 4.74 Å². The van der Waals surface area contributed by atoms with Crippen LogP contribution in [0.1, 0.15) is 49.6 Å². The lowest BCUT2D eigenvalue weighted by molar-refractivity contribution is -0.0518. The summed E-state index contributed by atoms with van der Waals surface area (Å²) in [7, 11) is 0. The molecule has 2 heterocycles. The molecule has 0 unspecified atom stereocenters. The second kappa shape index (κ2) is 5.97. The van der Waals surface area contributed by atoms with E-state index < -0.39 is 0 Å². The summed E-state index contributed by atoms with van der Waals surface area (Å²) in [6.07, 6.45) is 10.7. The summed E-state index contributed by atoms with van der Waals surface area (Å²) in [5.74, 6) is 0. The summed E-state index contributed by atoms with van der Waals surface area (Å²) in [4.78, 5) is 11.4. The molecule has 19 heavy (non-hydrogen) atoms. The topological polar surface area (TPSA) is 38.2 Å². The average Bonchev–Trinajstić information content (AvgIpc) is 2.49. The van der Waals surface area contributed by atoms with Gasteiger partial charge in [0.25, 0.3) is 0 Å². The zero-order chi connectivity index (χ0) is 13.1. The molecule has 1 aliphatic heterocycles. The van der Waals surface area contributed by atoms with E-state index in [4.69, 9.17) is 4.74 Å². The number of hydrogen-bond donors (Lipinski definition) is 0. The smallest absolute Gasteiger partial charge is 0.114 e. The van der Waals surface area contributed by atoms with Crippen LogP contribution >= 0.6 is 0 Å². The predicted octanol–water partition coefficient (Wildman–Crippen LogP) is 2.49. The first kappa shape index (κ1) is 13.0. The van der Waals surface area contributed by atoms with Gasteiger partial charge in [-0.25, -0.2) is 0 Å². The number of rotatable bonds is 2. The molecule has 3 rings (SSSR count). The number of nitrogens with zero attached hydrogens (tertiary/aromatic N) is 3. The van der Waals surface area contributed by atoms with Crippen molar-refractivity contribution < 1.29 is 4.74 Å². The molecule has 0 radical (unpaired) electrons. The maximum absolute atomic E-state index is 5.88. The van der Waals surface area contributed by atoms with Crippen molar-refractivity contribution in [2.45, 2.75) is 51.2 Å². The molecule has 4 heteroatoms. The Labute approximate surface area is 115 Å². The summed E-state index contributed by atoms with van der Waals surface area (Å²) >= 11 is 0. The SMILES string of the molecule is Cc1cnc([C@H]2CN(C3CCCCC3)CCO2)cn1. The van der Waals surface area contributed by atoms with E-state index in [1.54, 1.807) is 0 Å². The second-order valence-electron chi connectivity index (χ2n) is 5.73. The third-order valence-corrected chi connectivity index (χ3v) is 4.32. The van der Waals surface area contributed by atoms with Gasteiger partial charge in [-0.3, -0.25) is 14.9 Å². The van der Waals surface area contributed by atoms with Crippen molar-refractivity contribution in [3.8, 4) is 0 Å². The third kappa shape index (κ3) is 3.12. The number of aryl methyl sites for hydroxylation is 1. The fourth-order valence-electron chi connectivity index (χ4n) is 3.19. The molecule has 0 aromatic carbocycles. The van der Waals surface area contributed by atoms with Gasteiger partial charge in [0.2, 0.25) is 0 Å². The number of aromatic nitrogens is 2. The van der Waals surface area contributed by atoms with E-state index in [9.17, 15) is 0 Å². The van der Waals surface area contributed by atoms with Crippen LogP contribution in [0.4, 0.5) is 0 Å². The van der Waals surface area contributed by atoms with Crippen LogP contribution in [0.15, 0.2) is 12.4 Å². The molecule has 2 aliphatic rings. The van der Waals surface area contributed by atoms with Gasteiger partial charge in [-0.05, 0) is 19.8 Å². The lowest BCUT2D eigenvalue weighted by Crippen LogP contribution is -2.45. The van der Waals surface area contributed by atoms with E-state index in [1.807, 2.05) is 19.3 Å². The Morgan fingerprint density at radius 3 is 2.74 bits per heavy atom. The molecule has 4 nitrogen and oxygen atoms in total. The molecule has 1 aliphatic carbocycles. The zero-order valence-corrected chi connectivity index (χ0v) is 11.7. The van der Waals surface area contributed by atoms with Crippen LogP contribution in [0.2, 0.25) is 0 Å². The lowest BCUT2D eigenvalue weighted by Gasteiger charge is -2.39. The van der Waals surface area contributed by atoms with E-state index in [2.05, 4.69) is 14.9 Å². The summed E-state index contributed by atoms with van der Waals surface area (Å²) in [6.45, 7) is 4.83. The first-order valence-electron chi connectivity index (χ1n) is 7.47. The van der Waals surface area contributed by atoms with Crippen molar-refractivity contribution in [2.24, 2.45) is 0 Å². The maximum atomic E-state index is 5.88. The maximum Gasteiger partial charge on any atom is 0.114 e. The highest BCUT2D eigenvalue weighted by Crippen LogP contribution is 2.27. The second-order valence-corrected chi connectivity index (χ2v) is 5.73. The molecular formula is C15H23N3O. The van der Waals surface area contributed by atoms with E-state index in [0.717, 1.165) is 37.1 Å².